The monoisotopic (exact) mass is 421 g/mol. The minimum absolute atomic E-state index is 0.121. The molecule has 10 nitrogen and oxygen atoms in total. The summed E-state index contributed by atoms with van der Waals surface area (Å²) < 4.78 is 7.01. The number of thioether (sulfide) groups is 1. The van der Waals surface area contributed by atoms with Crippen LogP contribution in [-0.2, 0) is 5.75 Å². The fourth-order valence-corrected chi connectivity index (χ4v) is 3.42. The van der Waals surface area contributed by atoms with Crippen LogP contribution in [0.3, 0.4) is 0 Å². The minimum Gasteiger partial charge on any atom is -0.495 e. The Kier molecular flexibility index (Phi) is 5.70. The molecule has 0 unspecified atom stereocenters. The van der Waals surface area contributed by atoms with Crippen molar-refractivity contribution in [2.75, 3.05) is 18.2 Å². The number of nitrogens with zero attached hydrogens (tertiary/aromatic N) is 7. The van der Waals surface area contributed by atoms with Gasteiger partial charge < -0.3 is 15.8 Å². The third kappa shape index (κ3) is 4.46. The maximum atomic E-state index is 5.88. The summed E-state index contributed by atoms with van der Waals surface area (Å²) in [6.45, 7) is 2.03. The molecule has 0 spiro atoms. The third-order valence-corrected chi connectivity index (χ3v) is 5.02. The molecule has 0 radical (unpaired) electrons. The van der Waals surface area contributed by atoms with Crippen molar-refractivity contribution >= 4 is 29.3 Å². The van der Waals surface area contributed by atoms with Crippen LogP contribution < -0.4 is 15.8 Å². The van der Waals surface area contributed by atoms with Gasteiger partial charge in [0.1, 0.15) is 11.6 Å². The molecule has 4 aromatic rings. The van der Waals surface area contributed by atoms with Crippen LogP contribution in [0.5, 0.6) is 5.75 Å². The van der Waals surface area contributed by atoms with Crippen molar-refractivity contribution in [3.05, 3.63) is 59.9 Å². The Morgan fingerprint density at radius 1 is 1.07 bits per heavy atom. The van der Waals surface area contributed by atoms with Gasteiger partial charge in [-0.25, -0.2) is 0 Å². The summed E-state index contributed by atoms with van der Waals surface area (Å²) in [7, 11) is 1.60. The van der Waals surface area contributed by atoms with Crippen molar-refractivity contribution in [3.63, 3.8) is 0 Å². The number of hydrogen-bond acceptors (Lipinski definition) is 10. The van der Waals surface area contributed by atoms with Crippen molar-refractivity contribution in [2.24, 2.45) is 0 Å². The van der Waals surface area contributed by atoms with Gasteiger partial charge in [-0.05, 0) is 41.6 Å². The van der Waals surface area contributed by atoms with Gasteiger partial charge in [-0.2, -0.15) is 19.6 Å². The molecule has 0 atom stereocenters. The number of nitrogens with one attached hydrogen (secondary N) is 1. The predicted octanol–water partition coefficient (Wildman–Crippen LogP) is 2.78. The number of methoxy groups -OCH3 is 1. The topological polar surface area (TPSA) is 130 Å². The average Bonchev–Trinajstić information content (AvgIpc) is 3.21. The minimum atomic E-state index is 0.121. The van der Waals surface area contributed by atoms with Crippen LogP contribution in [0.4, 0.5) is 17.6 Å². The Morgan fingerprint density at radius 2 is 1.87 bits per heavy atom. The van der Waals surface area contributed by atoms with Crippen LogP contribution in [-0.4, -0.2) is 42.3 Å². The quantitative estimate of drug-likeness (QED) is 0.430. The number of para-hydroxylation sites is 2. The molecule has 30 heavy (non-hydrogen) atoms. The van der Waals surface area contributed by atoms with E-state index in [1.807, 2.05) is 55.5 Å². The van der Waals surface area contributed by atoms with E-state index in [1.165, 1.54) is 11.8 Å². The number of aryl methyl sites for hydroxylation is 1. The molecular weight excluding hydrogens is 402 g/mol. The zero-order valence-electron chi connectivity index (χ0n) is 16.4. The van der Waals surface area contributed by atoms with Crippen LogP contribution in [0.1, 0.15) is 11.4 Å². The average molecular weight is 421 g/mol. The Labute approximate surface area is 176 Å². The first-order valence-electron chi connectivity index (χ1n) is 9.01. The van der Waals surface area contributed by atoms with Gasteiger partial charge >= 0.3 is 0 Å². The molecule has 4 rings (SSSR count). The second-order valence-corrected chi connectivity index (χ2v) is 7.20. The number of rotatable bonds is 7. The van der Waals surface area contributed by atoms with E-state index in [9.17, 15) is 0 Å². The van der Waals surface area contributed by atoms with E-state index in [4.69, 9.17) is 10.5 Å². The molecule has 0 saturated carbocycles. The van der Waals surface area contributed by atoms with Gasteiger partial charge in [0, 0.05) is 0 Å². The molecular formula is C19H19N9OS. The lowest BCUT2D eigenvalue weighted by atomic mass is 10.2. The summed E-state index contributed by atoms with van der Waals surface area (Å²) in [5, 5.41) is 15.7. The molecule has 0 saturated heterocycles. The fourth-order valence-electron chi connectivity index (χ4n) is 2.67. The van der Waals surface area contributed by atoms with E-state index in [0.717, 1.165) is 16.9 Å². The van der Waals surface area contributed by atoms with Crippen LogP contribution in [0, 0.1) is 6.92 Å². The molecule has 2 heterocycles. The summed E-state index contributed by atoms with van der Waals surface area (Å²) >= 11 is 1.40. The first-order chi connectivity index (χ1) is 14.6. The second-order valence-electron chi connectivity index (χ2n) is 6.26. The van der Waals surface area contributed by atoms with Gasteiger partial charge in [-0.15, -0.1) is 5.10 Å². The van der Waals surface area contributed by atoms with Gasteiger partial charge in [0.15, 0.2) is 0 Å². The number of anilines is 3. The van der Waals surface area contributed by atoms with Gasteiger partial charge in [0.05, 0.1) is 24.2 Å². The van der Waals surface area contributed by atoms with Gasteiger partial charge in [0.2, 0.25) is 17.1 Å². The van der Waals surface area contributed by atoms with Crippen LogP contribution in [0.15, 0.2) is 53.7 Å². The van der Waals surface area contributed by atoms with E-state index >= 15 is 0 Å². The first-order valence-corrected chi connectivity index (χ1v) is 9.99. The number of aromatic nitrogens is 7. The molecule has 0 amide bonds. The summed E-state index contributed by atoms with van der Waals surface area (Å²) in [4.78, 5) is 12.8. The van der Waals surface area contributed by atoms with Gasteiger partial charge in [-0.1, -0.05) is 41.6 Å². The molecule has 0 bridgehead atoms. The SMILES string of the molecule is COc1ccccc1Nc1nc(N)nc(CSc2nnnn2-c2ccc(C)cc2)n1. The summed E-state index contributed by atoms with van der Waals surface area (Å²) in [5.74, 6) is 2.05. The van der Waals surface area contributed by atoms with E-state index in [2.05, 4.69) is 35.8 Å². The second kappa shape index (κ2) is 8.74. The van der Waals surface area contributed by atoms with Crippen molar-refractivity contribution in [3.8, 4) is 11.4 Å². The normalized spacial score (nSPS) is 10.7. The highest BCUT2D eigenvalue weighted by Crippen LogP contribution is 2.26. The number of tetrazole rings is 1. The summed E-state index contributed by atoms with van der Waals surface area (Å²) in [6, 6.07) is 15.4. The van der Waals surface area contributed by atoms with E-state index in [1.54, 1.807) is 11.8 Å². The number of ether oxygens (including phenoxy) is 1. The molecule has 152 valence electrons. The molecule has 2 aromatic carbocycles. The van der Waals surface area contributed by atoms with Crippen LogP contribution in [0.2, 0.25) is 0 Å². The van der Waals surface area contributed by atoms with Crippen molar-refractivity contribution in [2.45, 2.75) is 17.8 Å². The first kappa shape index (κ1) is 19.6. The number of benzene rings is 2. The molecule has 0 fully saturated rings. The highest BCUT2D eigenvalue weighted by molar-refractivity contribution is 7.98. The standard InChI is InChI=1S/C19H19N9OS/c1-12-7-9-13(10-8-12)28-19(25-26-27-28)30-11-16-22-17(20)24-18(23-16)21-14-5-3-4-6-15(14)29-2/h3-10H,11H2,1-2H3,(H3,20,21,22,23,24). The number of nitrogens with two attached hydrogens (primary N) is 1. The predicted molar refractivity (Wildman–Crippen MR) is 114 cm³/mol. The van der Waals surface area contributed by atoms with E-state index in [-0.39, 0.29) is 5.95 Å². The molecule has 3 N–H and O–H groups in total. The molecule has 0 aliphatic heterocycles. The Morgan fingerprint density at radius 3 is 2.67 bits per heavy atom. The van der Waals surface area contributed by atoms with Crippen LogP contribution >= 0.6 is 11.8 Å². The molecule has 2 aromatic heterocycles. The third-order valence-electron chi connectivity index (χ3n) is 4.10. The van der Waals surface area contributed by atoms with E-state index in [0.29, 0.717) is 28.4 Å². The van der Waals surface area contributed by atoms with Gasteiger partial charge in [0.25, 0.3) is 0 Å². The summed E-state index contributed by atoms with van der Waals surface area (Å²) in [5.41, 5.74) is 8.65. The molecule has 0 aliphatic carbocycles. The van der Waals surface area contributed by atoms with Crippen molar-refractivity contribution in [1.82, 2.24) is 35.2 Å². The van der Waals surface area contributed by atoms with Crippen molar-refractivity contribution in [1.29, 1.82) is 0 Å². The zero-order valence-corrected chi connectivity index (χ0v) is 17.2. The highest BCUT2D eigenvalue weighted by Gasteiger charge is 2.12. The fraction of sp³-hybridized carbons (Fsp3) is 0.158. The van der Waals surface area contributed by atoms with E-state index < -0.39 is 0 Å². The lowest BCUT2D eigenvalue weighted by Crippen LogP contribution is -2.07. The summed E-state index contributed by atoms with van der Waals surface area (Å²) in [6.07, 6.45) is 0. The zero-order chi connectivity index (χ0) is 20.9. The lowest BCUT2D eigenvalue weighted by Gasteiger charge is -2.10. The Balaban J connectivity index is 1.51. The number of nitrogen functional groups attached to an aromatic ring is 1. The number of hydrogen-bond donors (Lipinski definition) is 2. The maximum absolute atomic E-state index is 5.88. The Bertz CT molecular complexity index is 1150. The van der Waals surface area contributed by atoms with Gasteiger partial charge in [-0.3, -0.25) is 0 Å². The molecule has 0 aliphatic rings. The lowest BCUT2D eigenvalue weighted by molar-refractivity contribution is 0.417. The maximum Gasteiger partial charge on any atom is 0.232 e. The van der Waals surface area contributed by atoms with Crippen LogP contribution in [0.25, 0.3) is 5.69 Å². The smallest absolute Gasteiger partial charge is 0.232 e. The Hall–Kier alpha value is -3.73. The largest absolute Gasteiger partial charge is 0.495 e. The highest BCUT2D eigenvalue weighted by atomic mass is 32.2. The molecule has 11 heteroatoms. The van der Waals surface area contributed by atoms with Crippen molar-refractivity contribution < 1.29 is 4.74 Å².